The molecule has 0 unspecified atom stereocenters. The van der Waals surface area contributed by atoms with Crippen molar-refractivity contribution in [2.24, 2.45) is 0 Å². The lowest BCUT2D eigenvalue weighted by atomic mass is 9.89. The standard InChI is InChI=1S/C21H27ClN4/c22-19-7-5-6-18(16-19)17-10-14-25(15-11-17)12-3-4-13-26-21-9-2-1-8-20(21)23-24-26/h1-2,5-9,16-17,23-24H,3-4,10-15H2. The zero-order valence-electron chi connectivity index (χ0n) is 15.1. The summed E-state index contributed by atoms with van der Waals surface area (Å²) in [5.41, 5.74) is 10.3. The smallest absolute Gasteiger partial charge is 0.0782 e. The summed E-state index contributed by atoms with van der Waals surface area (Å²) < 4.78 is 0. The molecule has 0 atom stereocenters. The van der Waals surface area contributed by atoms with Gasteiger partial charge >= 0.3 is 0 Å². The van der Waals surface area contributed by atoms with Crippen molar-refractivity contribution in [3.63, 3.8) is 0 Å². The van der Waals surface area contributed by atoms with E-state index >= 15 is 0 Å². The Morgan fingerprint density at radius 1 is 0.962 bits per heavy atom. The first-order chi connectivity index (χ1) is 12.8. The van der Waals surface area contributed by atoms with Gasteiger partial charge in [-0.25, -0.2) is 0 Å². The predicted molar refractivity (Wildman–Crippen MR) is 110 cm³/mol. The second-order valence-electron chi connectivity index (χ2n) is 7.28. The van der Waals surface area contributed by atoms with Crippen LogP contribution < -0.4 is 16.0 Å². The van der Waals surface area contributed by atoms with Crippen molar-refractivity contribution in [1.29, 1.82) is 0 Å². The highest BCUT2D eigenvalue weighted by molar-refractivity contribution is 6.30. The van der Waals surface area contributed by atoms with Crippen LogP contribution in [0.2, 0.25) is 5.02 Å². The highest BCUT2D eigenvalue weighted by Crippen LogP contribution is 2.30. The van der Waals surface area contributed by atoms with Crippen molar-refractivity contribution in [3.8, 4) is 0 Å². The van der Waals surface area contributed by atoms with Gasteiger partial charge in [-0.1, -0.05) is 35.9 Å². The average molecular weight is 371 g/mol. The average Bonchev–Trinajstić information content (AvgIpc) is 3.09. The van der Waals surface area contributed by atoms with Crippen LogP contribution in [0.1, 0.15) is 37.2 Å². The van der Waals surface area contributed by atoms with Crippen LogP contribution in [0.4, 0.5) is 11.4 Å². The molecule has 5 heteroatoms. The number of rotatable bonds is 6. The number of hydrogen-bond acceptors (Lipinski definition) is 4. The van der Waals surface area contributed by atoms with E-state index in [1.807, 2.05) is 6.07 Å². The fourth-order valence-corrected chi connectivity index (χ4v) is 4.23. The van der Waals surface area contributed by atoms with Gasteiger partial charge in [0, 0.05) is 11.6 Å². The third-order valence-corrected chi connectivity index (χ3v) is 5.77. The maximum atomic E-state index is 6.14. The molecule has 26 heavy (non-hydrogen) atoms. The van der Waals surface area contributed by atoms with E-state index in [9.17, 15) is 0 Å². The topological polar surface area (TPSA) is 30.5 Å². The number of anilines is 2. The molecule has 2 aromatic carbocycles. The summed E-state index contributed by atoms with van der Waals surface area (Å²) in [7, 11) is 0. The van der Waals surface area contributed by atoms with Crippen molar-refractivity contribution in [3.05, 3.63) is 59.1 Å². The minimum Gasteiger partial charge on any atom is -0.303 e. The van der Waals surface area contributed by atoms with Gasteiger partial charge in [0.25, 0.3) is 0 Å². The molecule has 0 amide bonds. The Kier molecular flexibility index (Phi) is 5.63. The molecule has 2 aliphatic heterocycles. The number of benzene rings is 2. The number of halogens is 1. The number of nitrogens with zero attached hydrogens (tertiary/aromatic N) is 2. The number of fused-ring (bicyclic) bond motifs is 1. The second kappa shape index (κ2) is 8.30. The monoisotopic (exact) mass is 370 g/mol. The summed E-state index contributed by atoms with van der Waals surface area (Å²) in [5.74, 6) is 0.668. The molecule has 1 fully saturated rings. The van der Waals surface area contributed by atoms with Gasteiger partial charge in [-0.3, -0.25) is 5.01 Å². The molecule has 0 spiro atoms. The molecule has 0 bridgehead atoms. The van der Waals surface area contributed by atoms with Gasteiger partial charge in [0.2, 0.25) is 0 Å². The first kappa shape index (κ1) is 17.7. The number of nitrogens with one attached hydrogen (secondary N) is 2. The molecular weight excluding hydrogens is 344 g/mol. The van der Waals surface area contributed by atoms with Crippen LogP contribution in [0.25, 0.3) is 0 Å². The van der Waals surface area contributed by atoms with Gasteiger partial charge in [-0.05, 0) is 81.1 Å². The zero-order valence-corrected chi connectivity index (χ0v) is 15.9. The van der Waals surface area contributed by atoms with Crippen molar-refractivity contribution < 1.29 is 0 Å². The molecule has 2 N–H and O–H groups in total. The number of hydrazine groups is 2. The highest BCUT2D eigenvalue weighted by atomic mass is 35.5. The van der Waals surface area contributed by atoms with Crippen molar-refractivity contribution in [2.75, 3.05) is 36.6 Å². The SMILES string of the molecule is Clc1cccc(C2CCN(CCCCN3NNc4ccccc43)CC2)c1. The second-order valence-corrected chi connectivity index (χ2v) is 7.72. The third kappa shape index (κ3) is 4.14. The Bertz CT molecular complexity index is 727. The Morgan fingerprint density at radius 3 is 2.62 bits per heavy atom. The van der Waals surface area contributed by atoms with Gasteiger partial charge in [0.05, 0.1) is 11.4 Å². The summed E-state index contributed by atoms with van der Waals surface area (Å²) in [5, 5.41) is 3.07. The fourth-order valence-electron chi connectivity index (χ4n) is 4.03. The molecule has 2 aromatic rings. The molecule has 4 nitrogen and oxygen atoms in total. The van der Waals surface area contributed by atoms with Gasteiger partial charge < -0.3 is 10.3 Å². The van der Waals surface area contributed by atoms with E-state index in [0.29, 0.717) is 5.92 Å². The van der Waals surface area contributed by atoms with E-state index in [4.69, 9.17) is 11.6 Å². The van der Waals surface area contributed by atoms with Gasteiger partial charge in [-0.2, -0.15) is 0 Å². The van der Waals surface area contributed by atoms with Crippen LogP contribution >= 0.6 is 11.6 Å². The summed E-state index contributed by atoms with van der Waals surface area (Å²) in [6, 6.07) is 16.8. The van der Waals surface area contributed by atoms with Crippen LogP contribution in [-0.4, -0.2) is 31.1 Å². The van der Waals surface area contributed by atoms with Crippen LogP contribution in [0.3, 0.4) is 0 Å². The zero-order chi connectivity index (χ0) is 17.8. The summed E-state index contributed by atoms with van der Waals surface area (Å²) in [6.07, 6.45) is 4.91. The van der Waals surface area contributed by atoms with Gasteiger partial charge in [0.1, 0.15) is 0 Å². The summed E-state index contributed by atoms with van der Waals surface area (Å²) >= 11 is 6.14. The number of likely N-dealkylation sites (tertiary alicyclic amines) is 1. The quantitative estimate of drug-likeness (QED) is 0.724. The van der Waals surface area contributed by atoms with Gasteiger partial charge in [-0.15, -0.1) is 5.53 Å². The number of unbranched alkanes of at least 4 members (excludes halogenated alkanes) is 1. The highest BCUT2D eigenvalue weighted by Gasteiger charge is 2.21. The van der Waals surface area contributed by atoms with Crippen LogP contribution in [-0.2, 0) is 0 Å². The van der Waals surface area contributed by atoms with E-state index in [0.717, 1.165) is 17.3 Å². The minimum atomic E-state index is 0.668. The van der Waals surface area contributed by atoms with Gasteiger partial charge in [0.15, 0.2) is 0 Å². The molecule has 1 saturated heterocycles. The fraction of sp³-hybridized carbons (Fsp3) is 0.429. The first-order valence-electron chi connectivity index (χ1n) is 9.65. The molecule has 0 saturated carbocycles. The lowest BCUT2D eigenvalue weighted by Crippen LogP contribution is -2.37. The lowest BCUT2D eigenvalue weighted by Gasteiger charge is -2.32. The van der Waals surface area contributed by atoms with E-state index in [1.54, 1.807) is 0 Å². The Balaban J connectivity index is 1.17. The van der Waals surface area contributed by atoms with Crippen LogP contribution in [0.15, 0.2) is 48.5 Å². The molecule has 0 aliphatic carbocycles. The van der Waals surface area contributed by atoms with Crippen LogP contribution in [0.5, 0.6) is 0 Å². The van der Waals surface area contributed by atoms with E-state index in [2.05, 4.69) is 63.3 Å². The largest absolute Gasteiger partial charge is 0.303 e. The molecule has 2 heterocycles. The van der Waals surface area contributed by atoms with E-state index in [1.165, 1.54) is 56.6 Å². The predicted octanol–water partition coefficient (Wildman–Crippen LogP) is 4.65. The van der Waals surface area contributed by atoms with E-state index in [-0.39, 0.29) is 0 Å². The minimum absolute atomic E-state index is 0.668. The maximum absolute atomic E-state index is 6.14. The molecular formula is C21H27ClN4. The lowest BCUT2D eigenvalue weighted by molar-refractivity contribution is 0.209. The summed E-state index contributed by atoms with van der Waals surface area (Å²) in [4.78, 5) is 2.62. The molecule has 0 aromatic heterocycles. The normalized spacial score (nSPS) is 18.0. The first-order valence-corrected chi connectivity index (χ1v) is 10.0. The molecule has 0 radical (unpaired) electrons. The summed E-state index contributed by atoms with van der Waals surface area (Å²) in [6.45, 7) is 4.63. The van der Waals surface area contributed by atoms with Crippen molar-refractivity contribution >= 4 is 23.0 Å². The van der Waals surface area contributed by atoms with Crippen molar-refractivity contribution in [2.45, 2.75) is 31.6 Å². The third-order valence-electron chi connectivity index (χ3n) is 5.53. The Morgan fingerprint density at radius 2 is 1.77 bits per heavy atom. The number of hydrogen-bond donors (Lipinski definition) is 2. The molecule has 2 aliphatic rings. The van der Waals surface area contributed by atoms with E-state index < -0.39 is 0 Å². The maximum Gasteiger partial charge on any atom is 0.0782 e. The van der Waals surface area contributed by atoms with Crippen LogP contribution in [0, 0.1) is 0 Å². The Labute approximate surface area is 161 Å². The number of para-hydroxylation sites is 2. The molecule has 4 rings (SSSR count). The molecule has 138 valence electrons. The Hall–Kier alpha value is -1.75. The number of piperidine rings is 1. The van der Waals surface area contributed by atoms with Crippen molar-refractivity contribution in [1.82, 2.24) is 10.4 Å².